The maximum Gasteiger partial charge on any atom is 0.262 e. The molecule has 1 aliphatic rings. The van der Waals surface area contributed by atoms with Crippen molar-refractivity contribution < 1.29 is 27.5 Å². The Hall–Kier alpha value is -3.27. The van der Waals surface area contributed by atoms with Gasteiger partial charge in [-0.2, -0.15) is 0 Å². The maximum absolute atomic E-state index is 12.8. The Bertz CT molecular complexity index is 1120. The van der Waals surface area contributed by atoms with Gasteiger partial charge in [-0.1, -0.05) is 20.8 Å². The van der Waals surface area contributed by atoms with E-state index in [-0.39, 0.29) is 16.7 Å². The van der Waals surface area contributed by atoms with Gasteiger partial charge in [-0.3, -0.25) is 14.3 Å². The fourth-order valence-corrected chi connectivity index (χ4v) is 3.95. The van der Waals surface area contributed by atoms with Crippen LogP contribution in [0.2, 0.25) is 0 Å². The second kappa shape index (κ2) is 9.70. The summed E-state index contributed by atoms with van der Waals surface area (Å²) in [6.07, 6.45) is 0.722. The van der Waals surface area contributed by atoms with Crippen molar-refractivity contribution >= 4 is 33.2 Å². The minimum atomic E-state index is -3.86. The number of amides is 2. The summed E-state index contributed by atoms with van der Waals surface area (Å²) in [4.78, 5) is 24.5. The van der Waals surface area contributed by atoms with Crippen molar-refractivity contribution in [2.45, 2.75) is 45.1 Å². The third-order valence-corrected chi connectivity index (χ3v) is 6.23. The summed E-state index contributed by atoms with van der Waals surface area (Å²) in [5.41, 5.74) is 0.189. The fourth-order valence-electron chi connectivity index (χ4n) is 2.88. The minimum absolute atomic E-state index is 0.0487. The molecule has 1 aliphatic heterocycles. The Kier molecular flexibility index (Phi) is 7.16. The van der Waals surface area contributed by atoms with Gasteiger partial charge in [-0.15, -0.1) is 0 Å². The number of rotatable bonds is 6. The monoisotopic (exact) mass is 475 g/mol. The molecule has 3 rings (SSSR count). The summed E-state index contributed by atoms with van der Waals surface area (Å²) in [5, 5.41) is 5.36. The Morgan fingerprint density at radius 2 is 1.55 bits per heavy atom. The molecule has 2 amide bonds. The van der Waals surface area contributed by atoms with Crippen molar-refractivity contribution in [3.63, 3.8) is 0 Å². The van der Waals surface area contributed by atoms with E-state index >= 15 is 0 Å². The Morgan fingerprint density at radius 1 is 0.939 bits per heavy atom. The lowest BCUT2D eigenvalue weighted by molar-refractivity contribution is -0.131. The first-order valence-electron chi connectivity index (χ1n) is 10.6. The van der Waals surface area contributed by atoms with Crippen molar-refractivity contribution in [3.8, 4) is 11.5 Å². The second-order valence-corrected chi connectivity index (χ2v) is 10.5. The van der Waals surface area contributed by atoms with Crippen molar-refractivity contribution in [3.05, 3.63) is 42.5 Å². The van der Waals surface area contributed by atoms with E-state index in [1.54, 1.807) is 45.9 Å². The standard InChI is InChI=1S/C23H29N3O6S/c1-15(24-22(28)23(2,3)4)21(27)25-16-6-8-17(9-7-16)26-33(29,30)18-10-11-19-20(14-18)32-13-5-12-31-19/h6-11,14-15,26H,5,12-13H2,1-4H3,(H,24,28)(H,25,27). The SMILES string of the molecule is CC(NC(=O)C(C)(C)C)C(=O)Nc1ccc(NS(=O)(=O)c2ccc3c(c2)OCCCO3)cc1. The van der Waals surface area contributed by atoms with E-state index in [0.717, 1.165) is 6.42 Å². The predicted octanol–water partition coefficient (Wildman–Crippen LogP) is 3.14. The van der Waals surface area contributed by atoms with E-state index in [9.17, 15) is 18.0 Å². The zero-order valence-electron chi connectivity index (χ0n) is 19.1. The van der Waals surface area contributed by atoms with Crippen LogP contribution in [0.1, 0.15) is 34.1 Å². The molecular formula is C23H29N3O6S. The van der Waals surface area contributed by atoms with Gasteiger partial charge in [0.15, 0.2) is 11.5 Å². The lowest BCUT2D eigenvalue weighted by Crippen LogP contribution is -2.46. The number of benzene rings is 2. The summed E-state index contributed by atoms with van der Waals surface area (Å²) in [7, 11) is -3.86. The first-order valence-corrected chi connectivity index (χ1v) is 12.1. The quantitative estimate of drug-likeness (QED) is 0.590. The van der Waals surface area contributed by atoms with Gasteiger partial charge >= 0.3 is 0 Å². The van der Waals surface area contributed by atoms with Crippen molar-refractivity contribution in [2.24, 2.45) is 5.41 Å². The molecule has 0 spiro atoms. The van der Waals surface area contributed by atoms with Gasteiger partial charge in [0.05, 0.1) is 18.1 Å². The molecule has 0 saturated heterocycles. The van der Waals surface area contributed by atoms with Crippen molar-refractivity contribution in [1.82, 2.24) is 5.32 Å². The molecule has 178 valence electrons. The van der Waals surface area contributed by atoms with Crippen LogP contribution in [-0.4, -0.2) is 39.5 Å². The highest BCUT2D eigenvalue weighted by Crippen LogP contribution is 2.32. The molecule has 1 atom stereocenters. The predicted molar refractivity (Wildman–Crippen MR) is 125 cm³/mol. The lowest BCUT2D eigenvalue weighted by atomic mass is 9.95. The lowest BCUT2D eigenvalue weighted by Gasteiger charge is -2.21. The minimum Gasteiger partial charge on any atom is -0.490 e. The molecule has 3 N–H and O–H groups in total. The van der Waals surface area contributed by atoms with Crippen LogP contribution >= 0.6 is 0 Å². The fraction of sp³-hybridized carbons (Fsp3) is 0.391. The van der Waals surface area contributed by atoms with Gasteiger partial charge in [0, 0.05) is 29.3 Å². The van der Waals surface area contributed by atoms with Gasteiger partial charge < -0.3 is 20.1 Å². The summed E-state index contributed by atoms with van der Waals surface area (Å²) >= 11 is 0. The molecule has 0 saturated carbocycles. The van der Waals surface area contributed by atoms with Crippen LogP contribution in [0.25, 0.3) is 0 Å². The third-order valence-electron chi connectivity index (χ3n) is 4.86. The smallest absolute Gasteiger partial charge is 0.262 e. The molecule has 0 aliphatic carbocycles. The largest absolute Gasteiger partial charge is 0.490 e. The first kappa shape index (κ1) is 24.4. The summed E-state index contributed by atoms with van der Waals surface area (Å²) in [6, 6.07) is 9.96. The third kappa shape index (κ3) is 6.38. The maximum atomic E-state index is 12.8. The van der Waals surface area contributed by atoms with Crippen molar-refractivity contribution in [2.75, 3.05) is 23.3 Å². The Labute approximate surface area is 193 Å². The van der Waals surface area contributed by atoms with Crippen LogP contribution in [0.15, 0.2) is 47.4 Å². The molecule has 33 heavy (non-hydrogen) atoms. The summed E-state index contributed by atoms with van der Waals surface area (Å²) in [5.74, 6) is 0.290. The number of ether oxygens (including phenoxy) is 2. The van der Waals surface area contributed by atoms with Crippen LogP contribution in [0.4, 0.5) is 11.4 Å². The number of anilines is 2. The number of hydrogen-bond acceptors (Lipinski definition) is 6. The van der Waals surface area contributed by atoms with E-state index in [1.807, 2.05) is 0 Å². The van der Waals surface area contributed by atoms with Gasteiger partial charge in [0.25, 0.3) is 10.0 Å². The van der Waals surface area contributed by atoms with Gasteiger partial charge in [-0.05, 0) is 43.3 Å². The molecule has 0 fully saturated rings. The average Bonchev–Trinajstić information content (AvgIpc) is 2.99. The number of carbonyl (C=O) groups excluding carboxylic acids is 2. The number of carbonyl (C=O) groups is 2. The summed E-state index contributed by atoms with van der Waals surface area (Å²) in [6.45, 7) is 7.85. The van der Waals surface area contributed by atoms with E-state index < -0.39 is 21.5 Å². The van der Waals surface area contributed by atoms with E-state index in [0.29, 0.717) is 36.1 Å². The van der Waals surface area contributed by atoms with Gasteiger partial charge in [-0.25, -0.2) is 8.42 Å². The summed E-state index contributed by atoms with van der Waals surface area (Å²) < 4.78 is 39.2. The van der Waals surface area contributed by atoms with Crippen molar-refractivity contribution in [1.29, 1.82) is 0 Å². The Morgan fingerprint density at radius 3 is 2.18 bits per heavy atom. The molecule has 1 unspecified atom stereocenters. The molecule has 0 bridgehead atoms. The van der Waals surface area contributed by atoms with Crippen LogP contribution in [0.5, 0.6) is 11.5 Å². The van der Waals surface area contributed by atoms with Crippen LogP contribution < -0.4 is 24.8 Å². The molecular weight excluding hydrogens is 446 g/mol. The van der Waals surface area contributed by atoms with Gasteiger partial charge in [0.2, 0.25) is 11.8 Å². The first-order chi connectivity index (χ1) is 15.5. The molecule has 10 heteroatoms. The number of nitrogens with one attached hydrogen (secondary N) is 3. The van der Waals surface area contributed by atoms with Crippen LogP contribution in [0, 0.1) is 5.41 Å². The number of hydrogen-bond donors (Lipinski definition) is 3. The zero-order valence-corrected chi connectivity index (χ0v) is 19.9. The van der Waals surface area contributed by atoms with Gasteiger partial charge in [0.1, 0.15) is 6.04 Å². The molecule has 9 nitrogen and oxygen atoms in total. The molecule has 1 heterocycles. The highest BCUT2D eigenvalue weighted by molar-refractivity contribution is 7.92. The molecule has 2 aromatic carbocycles. The zero-order chi connectivity index (χ0) is 24.2. The van der Waals surface area contributed by atoms with Crippen LogP contribution in [0.3, 0.4) is 0 Å². The highest BCUT2D eigenvalue weighted by Gasteiger charge is 2.25. The topological polar surface area (TPSA) is 123 Å². The highest BCUT2D eigenvalue weighted by atomic mass is 32.2. The second-order valence-electron chi connectivity index (χ2n) is 8.78. The van der Waals surface area contributed by atoms with E-state index in [4.69, 9.17) is 9.47 Å². The number of sulfonamides is 1. The molecule has 2 aromatic rings. The Balaban J connectivity index is 1.64. The average molecular weight is 476 g/mol. The number of fused-ring (bicyclic) bond motifs is 1. The van der Waals surface area contributed by atoms with E-state index in [1.165, 1.54) is 24.3 Å². The molecule has 0 aromatic heterocycles. The normalized spacial score (nSPS) is 14.5. The van der Waals surface area contributed by atoms with E-state index in [2.05, 4.69) is 15.4 Å². The van der Waals surface area contributed by atoms with Crippen LogP contribution in [-0.2, 0) is 19.6 Å². The molecule has 0 radical (unpaired) electrons.